The van der Waals surface area contributed by atoms with Crippen molar-refractivity contribution in [1.29, 1.82) is 0 Å². The summed E-state index contributed by atoms with van der Waals surface area (Å²) in [5.41, 5.74) is 0.143. The molecule has 0 saturated heterocycles. The topological polar surface area (TPSA) is 37.3 Å². The Hall–Kier alpha value is -0.130. The Kier molecular flexibility index (Phi) is 2.89. The fourth-order valence-corrected chi connectivity index (χ4v) is 0.338. The van der Waals surface area contributed by atoms with Crippen LogP contribution in [0.4, 0.5) is 0 Å². The molecule has 0 radical (unpaired) electrons. The van der Waals surface area contributed by atoms with Crippen molar-refractivity contribution in [1.82, 2.24) is 0 Å². The summed E-state index contributed by atoms with van der Waals surface area (Å²) in [6.45, 7) is 3.22. The van der Waals surface area contributed by atoms with Crippen LogP contribution in [0, 0.1) is 0 Å². The zero-order valence-electron chi connectivity index (χ0n) is 3.55. The van der Waals surface area contributed by atoms with Crippen LogP contribution in [-0.2, 0) is 4.79 Å². The summed E-state index contributed by atoms with van der Waals surface area (Å²) in [6.07, 6.45) is 0. The molecule has 3 heteroatoms. The Morgan fingerprint density at radius 1 is 1.86 bits per heavy atom. The van der Waals surface area contributed by atoms with Crippen LogP contribution in [-0.4, -0.2) is 37.0 Å². The number of carboxylic acids is 1. The van der Waals surface area contributed by atoms with Gasteiger partial charge in [0.2, 0.25) is 0 Å². The summed E-state index contributed by atoms with van der Waals surface area (Å²) in [7, 11) is 0. The van der Waals surface area contributed by atoms with E-state index in [0.29, 0.717) is 0 Å². The van der Waals surface area contributed by atoms with Gasteiger partial charge in [-0.25, -0.2) is 0 Å². The van der Waals surface area contributed by atoms with Crippen molar-refractivity contribution in [3.05, 3.63) is 12.2 Å². The van der Waals surface area contributed by atoms with Gasteiger partial charge >= 0.3 is 53.9 Å². The SMILES string of the molecule is C=C(C=[Te])C(=O)O. The third-order valence-electron chi connectivity index (χ3n) is 0.417. The molecule has 7 heavy (non-hydrogen) atoms. The van der Waals surface area contributed by atoms with Crippen LogP contribution in [0.15, 0.2) is 12.2 Å². The first kappa shape index (κ1) is 6.87. The minimum atomic E-state index is -0.954. The van der Waals surface area contributed by atoms with Crippen molar-refractivity contribution >= 4 is 31.8 Å². The molecule has 0 aromatic carbocycles. The second-order valence-electron chi connectivity index (χ2n) is 0.948. The summed E-state index contributed by atoms with van der Waals surface area (Å²) in [4.78, 5) is 9.80. The molecule has 0 aliphatic rings. The summed E-state index contributed by atoms with van der Waals surface area (Å²) in [6, 6.07) is 0. The molecule has 0 aliphatic heterocycles. The Morgan fingerprint density at radius 2 is 2.29 bits per heavy atom. The van der Waals surface area contributed by atoms with E-state index < -0.39 is 5.97 Å². The predicted octanol–water partition coefficient (Wildman–Crippen LogP) is -0.402. The molecule has 0 fully saturated rings. The number of aliphatic carboxylic acids is 1. The van der Waals surface area contributed by atoms with E-state index in [-0.39, 0.29) is 5.57 Å². The standard InChI is InChI=1S/C4H4O2Te/c1-3(2-7)4(5)6/h2H,1H2,(H,5,6). The summed E-state index contributed by atoms with van der Waals surface area (Å²) < 4.78 is 1.46. The van der Waals surface area contributed by atoms with Gasteiger partial charge < -0.3 is 0 Å². The molecule has 0 heterocycles. The van der Waals surface area contributed by atoms with Crippen molar-refractivity contribution in [3.63, 3.8) is 0 Å². The fourth-order valence-electron chi connectivity index (χ4n) is 0.0504. The molecule has 0 bridgehead atoms. The molecular weight excluding hydrogens is 208 g/mol. The third kappa shape index (κ3) is 2.55. The monoisotopic (exact) mass is 214 g/mol. The van der Waals surface area contributed by atoms with Crippen LogP contribution < -0.4 is 0 Å². The van der Waals surface area contributed by atoms with Gasteiger partial charge in [-0.2, -0.15) is 0 Å². The van der Waals surface area contributed by atoms with E-state index in [2.05, 4.69) is 6.58 Å². The van der Waals surface area contributed by atoms with Gasteiger partial charge in [0.15, 0.2) is 0 Å². The number of hydrogen-bond acceptors (Lipinski definition) is 1. The number of hydrogen-bond donors (Lipinski definition) is 1. The molecule has 0 aromatic rings. The molecule has 0 spiro atoms. The molecule has 0 saturated carbocycles. The van der Waals surface area contributed by atoms with Crippen LogP contribution in [0.3, 0.4) is 0 Å². The van der Waals surface area contributed by atoms with E-state index in [9.17, 15) is 4.79 Å². The molecule has 1 N–H and O–H groups in total. The van der Waals surface area contributed by atoms with Crippen LogP contribution in [0.1, 0.15) is 0 Å². The van der Waals surface area contributed by atoms with Gasteiger partial charge in [-0.1, -0.05) is 0 Å². The van der Waals surface area contributed by atoms with Gasteiger partial charge in [-0.05, 0) is 0 Å². The van der Waals surface area contributed by atoms with Crippen molar-refractivity contribution < 1.29 is 9.90 Å². The second-order valence-corrected chi connectivity index (χ2v) is 1.62. The van der Waals surface area contributed by atoms with E-state index in [1.54, 1.807) is 21.8 Å². The summed E-state index contributed by atoms with van der Waals surface area (Å²) >= 11 is 1.57. The Balaban J connectivity index is 3.81. The van der Waals surface area contributed by atoms with Crippen LogP contribution >= 0.6 is 0 Å². The second kappa shape index (κ2) is 2.95. The first-order chi connectivity index (χ1) is 3.18. The van der Waals surface area contributed by atoms with Gasteiger partial charge in [0, 0.05) is 0 Å². The van der Waals surface area contributed by atoms with Crippen molar-refractivity contribution in [2.75, 3.05) is 0 Å². The first-order valence-corrected chi connectivity index (χ1v) is 2.90. The molecule has 0 rings (SSSR count). The zero-order chi connectivity index (χ0) is 5.86. The summed E-state index contributed by atoms with van der Waals surface area (Å²) in [5, 5.41) is 8.05. The van der Waals surface area contributed by atoms with Gasteiger partial charge in [-0.15, -0.1) is 0 Å². The Bertz CT molecular complexity index is 117. The molecule has 0 amide bonds. The molecule has 2 nitrogen and oxygen atoms in total. The average Bonchev–Trinajstić information content (AvgIpc) is 1.65. The maximum atomic E-state index is 9.80. The van der Waals surface area contributed by atoms with E-state index in [4.69, 9.17) is 5.11 Å². The molecule has 0 atom stereocenters. The van der Waals surface area contributed by atoms with Crippen molar-refractivity contribution in [2.45, 2.75) is 0 Å². The molecule has 0 unspecified atom stereocenters. The predicted molar refractivity (Wildman–Crippen MR) is 28.6 cm³/mol. The summed E-state index contributed by atoms with van der Waals surface area (Å²) in [5.74, 6) is -0.954. The van der Waals surface area contributed by atoms with E-state index in [1.165, 1.54) is 4.05 Å². The number of rotatable bonds is 2. The number of carboxylic acid groups (broad SMARTS) is 1. The Labute approximate surface area is 54.2 Å². The van der Waals surface area contributed by atoms with Gasteiger partial charge in [0.05, 0.1) is 0 Å². The van der Waals surface area contributed by atoms with Crippen LogP contribution in [0.25, 0.3) is 0 Å². The normalized spacial score (nSPS) is 7.43. The fraction of sp³-hybridized carbons (Fsp3) is 0. The van der Waals surface area contributed by atoms with Crippen LogP contribution in [0.5, 0.6) is 0 Å². The van der Waals surface area contributed by atoms with E-state index in [1.807, 2.05) is 0 Å². The van der Waals surface area contributed by atoms with E-state index >= 15 is 0 Å². The van der Waals surface area contributed by atoms with Gasteiger partial charge in [0.25, 0.3) is 0 Å². The van der Waals surface area contributed by atoms with Gasteiger partial charge in [0.1, 0.15) is 0 Å². The van der Waals surface area contributed by atoms with Gasteiger partial charge in [-0.3, -0.25) is 0 Å². The molecule has 0 aromatic heterocycles. The Morgan fingerprint density at radius 3 is 2.29 bits per heavy atom. The maximum absolute atomic E-state index is 9.80. The third-order valence-corrected chi connectivity index (χ3v) is 1.23. The molecule has 0 aliphatic carbocycles. The van der Waals surface area contributed by atoms with E-state index in [0.717, 1.165) is 0 Å². The number of carbonyl (C=O) groups is 1. The molecule has 38 valence electrons. The zero-order valence-corrected chi connectivity index (χ0v) is 5.88. The average molecular weight is 212 g/mol. The quantitative estimate of drug-likeness (QED) is 0.499. The first-order valence-electron chi connectivity index (χ1n) is 1.56. The van der Waals surface area contributed by atoms with Crippen molar-refractivity contribution in [3.8, 4) is 0 Å². The molecular formula is C4H4O2Te. The van der Waals surface area contributed by atoms with Crippen LogP contribution in [0.2, 0.25) is 0 Å². The van der Waals surface area contributed by atoms with Crippen molar-refractivity contribution in [2.24, 2.45) is 0 Å². The minimum absolute atomic E-state index is 0.143.